The fraction of sp³-hybridized carbons (Fsp3) is 0.448. The third kappa shape index (κ3) is 9.63. The SMILES string of the molecule is C1CCCC1.OCCCC(=C(c1ccc(O)cc1)c1ccc(O)cc1)C1CCCC1.[CH3-].[CH3-].[Ru+2]. The van der Waals surface area contributed by atoms with E-state index in [1.54, 1.807) is 24.3 Å². The topological polar surface area (TPSA) is 60.7 Å². The van der Waals surface area contributed by atoms with Crippen molar-refractivity contribution in [3.8, 4) is 11.5 Å². The zero-order chi connectivity index (χ0) is 21.2. The number of hydrogen-bond donors (Lipinski definition) is 3. The predicted molar refractivity (Wildman–Crippen MR) is 136 cm³/mol. The monoisotopic (exact) mass is 540 g/mol. The maximum atomic E-state index is 9.65. The Hall–Kier alpha value is -1.64. The Morgan fingerprint density at radius 2 is 1.06 bits per heavy atom. The van der Waals surface area contributed by atoms with Gasteiger partial charge in [0.2, 0.25) is 0 Å². The van der Waals surface area contributed by atoms with Gasteiger partial charge in [0, 0.05) is 6.61 Å². The molecule has 2 saturated carbocycles. The minimum absolute atomic E-state index is 0. The van der Waals surface area contributed by atoms with Crippen LogP contribution in [0.25, 0.3) is 5.57 Å². The summed E-state index contributed by atoms with van der Waals surface area (Å²) in [6.07, 6.45) is 14.0. The smallest absolute Gasteiger partial charge is 0.508 e. The molecule has 3 N–H and O–H groups in total. The largest absolute Gasteiger partial charge is 2.00 e. The summed E-state index contributed by atoms with van der Waals surface area (Å²) >= 11 is 0. The van der Waals surface area contributed by atoms with Gasteiger partial charge in [-0.1, -0.05) is 74.8 Å². The van der Waals surface area contributed by atoms with Gasteiger partial charge < -0.3 is 30.2 Å². The summed E-state index contributed by atoms with van der Waals surface area (Å²) in [5, 5.41) is 28.7. The Morgan fingerprint density at radius 1 is 0.667 bits per heavy atom. The van der Waals surface area contributed by atoms with E-state index in [1.807, 2.05) is 24.3 Å². The molecule has 4 heteroatoms. The number of aliphatic hydroxyl groups is 1. The van der Waals surface area contributed by atoms with Crippen molar-refractivity contribution in [3.05, 3.63) is 80.1 Å². The third-order valence-corrected chi connectivity index (χ3v) is 6.34. The first-order valence-corrected chi connectivity index (χ1v) is 11.6. The number of benzene rings is 2. The molecule has 2 aromatic carbocycles. The van der Waals surface area contributed by atoms with E-state index in [-0.39, 0.29) is 52.4 Å². The molecule has 0 bridgehead atoms. The molecule has 0 aliphatic heterocycles. The molecule has 0 aromatic heterocycles. The molecule has 0 amide bonds. The molecule has 0 spiro atoms. The van der Waals surface area contributed by atoms with Gasteiger partial charge in [0.05, 0.1) is 0 Å². The van der Waals surface area contributed by atoms with Crippen LogP contribution in [0.2, 0.25) is 0 Å². The third-order valence-electron chi connectivity index (χ3n) is 6.34. The molecule has 3 nitrogen and oxygen atoms in total. The predicted octanol–water partition coefficient (Wildman–Crippen LogP) is 7.71. The Labute approximate surface area is 214 Å². The average Bonchev–Trinajstić information content (AvgIpc) is 3.50. The summed E-state index contributed by atoms with van der Waals surface area (Å²) in [5.74, 6) is 1.06. The molecule has 0 atom stereocenters. The van der Waals surface area contributed by atoms with Gasteiger partial charge in [-0.15, -0.1) is 0 Å². The van der Waals surface area contributed by atoms with E-state index in [2.05, 4.69) is 0 Å². The minimum Gasteiger partial charge on any atom is -0.508 e. The van der Waals surface area contributed by atoms with E-state index in [9.17, 15) is 15.3 Å². The number of allylic oxidation sites excluding steroid dienone is 1. The molecular weight excluding hydrogens is 497 g/mol. The molecule has 0 saturated heterocycles. The molecule has 2 fully saturated rings. The van der Waals surface area contributed by atoms with Gasteiger partial charge in [-0.2, -0.15) is 0 Å². The van der Waals surface area contributed by atoms with E-state index in [0.29, 0.717) is 5.92 Å². The number of hydrogen-bond acceptors (Lipinski definition) is 3. The van der Waals surface area contributed by atoms with Crippen LogP contribution in [0.4, 0.5) is 0 Å². The van der Waals surface area contributed by atoms with Crippen molar-refractivity contribution < 1.29 is 34.8 Å². The molecule has 0 unspecified atom stereocenters. The van der Waals surface area contributed by atoms with Gasteiger partial charge in [-0.25, -0.2) is 0 Å². The standard InChI is InChI=1S/C22H26O3.C5H10.2CH3.Ru/c23-15-3-6-21(16-4-1-2-5-16)22(17-7-11-19(24)12-8-17)18-9-13-20(25)14-10-18;1-2-4-5-3-1;;;/h7-14,16,23-25H,1-6,15H2;1-5H2;2*1H3;/q;;2*-1;+2. The van der Waals surface area contributed by atoms with Crippen LogP contribution in [-0.4, -0.2) is 21.9 Å². The molecule has 184 valence electrons. The first kappa shape index (κ1) is 31.4. The first-order chi connectivity index (χ1) is 14.7. The van der Waals surface area contributed by atoms with Crippen molar-refractivity contribution in [2.45, 2.75) is 70.6 Å². The fourth-order valence-electron chi connectivity index (χ4n) is 4.75. The molecule has 4 rings (SSSR count). The summed E-state index contributed by atoms with van der Waals surface area (Å²) in [6, 6.07) is 14.7. The van der Waals surface area contributed by atoms with Gasteiger partial charge in [-0.05, 0) is 72.6 Å². The molecular formula is C29H42O3Ru. The second-order valence-electron chi connectivity index (χ2n) is 8.57. The number of phenols is 2. The van der Waals surface area contributed by atoms with E-state index in [4.69, 9.17) is 0 Å². The van der Waals surface area contributed by atoms with E-state index < -0.39 is 0 Å². The average molecular weight is 540 g/mol. The summed E-state index contributed by atoms with van der Waals surface area (Å²) in [7, 11) is 0. The summed E-state index contributed by atoms with van der Waals surface area (Å²) in [4.78, 5) is 0. The van der Waals surface area contributed by atoms with Crippen molar-refractivity contribution in [2.75, 3.05) is 6.61 Å². The van der Waals surface area contributed by atoms with Gasteiger partial charge >= 0.3 is 19.5 Å². The second-order valence-corrected chi connectivity index (χ2v) is 8.57. The van der Waals surface area contributed by atoms with Gasteiger partial charge in [0.1, 0.15) is 11.5 Å². The zero-order valence-corrected chi connectivity index (χ0v) is 22.1. The molecule has 2 aliphatic carbocycles. The van der Waals surface area contributed by atoms with Crippen LogP contribution in [0.3, 0.4) is 0 Å². The molecule has 0 heterocycles. The number of phenolic OH excluding ortho intramolecular Hbond substituents is 2. The van der Waals surface area contributed by atoms with Gasteiger partial charge in [0.15, 0.2) is 0 Å². The second kappa shape index (κ2) is 16.9. The molecule has 2 aromatic rings. The van der Waals surface area contributed by atoms with Crippen molar-refractivity contribution in [1.82, 2.24) is 0 Å². The zero-order valence-electron chi connectivity index (χ0n) is 20.4. The van der Waals surface area contributed by atoms with Crippen molar-refractivity contribution in [1.29, 1.82) is 0 Å². The Bertz CT molecular complexity index is 732. The maximum Gasteiger partial charge on any atom is 2.00 e. The Morgan fingerprint density at radius 3 is 1.42 bits per heavy atom. The van der Waals surface area contributed by atoms with Crippen molar-refractivity contribution in [3.63, 3.8) is 0 Å². The van der Waals surface area contributed by atoms with Crippen LogP contribution < -0.4 is 0 Å². The van der Waals surface area contributed by atoms with E-state index >= 15 is 0 Å². The Kier molecular flexibility index (Phi) is 16.1. The van der Waals surface area contributed by atoms with Crippen LogP contribution in [0.5, 0.6) is 11.5 Å². The minimum atomic E-state index is 0. The van der Waals surface area contributed by atoms with E-state index in [0.717, 1.165) is 24.0 Å². The molecule has 2 aliphatic rings. The van der Waals surface area contributed by atoms with E-state index in [1.165, 1.54) is 68.9 Å². The summed E-state index contributed by atoms with van der Waals surface area (Å²) < 4.78 is 0. The van der Waals surface area contributed by atoms with Crippen molar-refractivity contribution >= 4 is 5.57 Å². The quantitative estimate of drug-likeness (QED) is 0.260. The molecule has 0 radical (unpaired) electrons. The van der Waals surface area contributed by atoms with Crippen LogP contribution in [0.1, 0.15) is 81.8 Å². The number of aliphatic hydroxyl groups excluding tert-OH is 1. The number of rotatable bonds is 6. The van der Waals surface area contributed by atoms with Gasteiger partial charge in [-0.3, -0.25) is 0 Å². The van der Waals surface area contributed by atoms with Gasteiger partial charge in [0.25, 0.3) is 0 Å². The van der Waals surface area contributed by atoms with Crippen LogP contribution in [0.15, 0.2) is 54.1 Å². The normalized spacial score (nSPS) is 14.7. The van der Waals surface area contributed by atoms with Crippen LogP contribution in [0, 0.1) is 20.8 Å². The Balaban J connectivity index is 0.00000114. The van der Waals surface area contributed by atoms with Crippen molar-refractivity contribution in [2.24, 2.45) is 5.92 Å². The fourth-order valence-corrected chi connectivity index (χ4v) is 4.75. The molecule has 33 heavy (non-hydrogen) atoms. The summed E-state index contributed by atoms with van der Waals surface area (Å²) in [6.45, 7) is 0.189. The van der Waals surface area contributed by atoms with Crippen LogP contribution >= 0.6 is 0 Å². The number of aromatic hydroxyl groups is 2. The summed E-state index contributed by atoms with van der Waals surface area (Å²) in [5.41, 5.74) is 4.72. The first-order valence-electron chi connectivity index (χ1n) is 11.6. The van der Waals surface area contributed by atoms with Crippen LogP contribution in [-0.2, 0) is 19.5 Å². The maximum absolute atomic E-state index is 9.65.